The number of likely N-dealkylation sites (tertiary alicyclic amines) is 1. The molecular weight excluding hydrogens is 428 g/mol. The van der Waals surface area contributed by atoms with Crippen molar-refractivity contribution in [2.45, 2.75) is 77.3 Å². The zero-order chi connectivity index (χ0) is 23.9. The van der Waals surface area contributed by atoms with Gasteiger partial charge in [0.25, 0.3) is 11.8 Å². The van der Waals surface area contributed by atoms with Crippen LogP contribution in [0.3, 0.4) is 0 Å². The number of carbonyl (C=O) groups excluding carboxylic acids is 2. The molecule has 2 aromatic heterocycles. The summed E-state index contributed by atoms with van der Waals surface area (Å²) in [5.74, 6) is -0.266. The normalized spacial score (nSPS) is 19.8. The number of nitrogens with one attached hydrogen (secondary N) is 1. The van der Waals surface area contributed by atoms with Gasteiger partial charge in [0.15, 0.2) is 0 Å². The molecule has 7 heteroatoms. The second-order valence-electron chi connectivity index (χ2n) is 9.92. The van der Waals surface area contributed by atoms with Crippen LogP contribution in [0, 0.1) is 5.92 Å². The third-order valence-corrected chi connectivity index (χ3v) is 7.01. The van der Waals surface area contributed by atoms with Crippen LogP contribution >= 0.6 is 0 Å². The van der Waals surface area contributed by atoms with Gasteiger partial charge in [-0.3, -0.25) is 19.4 Å². The molecule has 3 heterocycles. The first-order chi connectivity index (χ1) is 16.5. The number of hydrogen-bond acceptors (Lipinski definition) is 4. The Kier molecular flexibility index (Phi) is 8.14. The van der Waals surface area contributed by atoms with Crippen molar-refractivity contribution in [1.29, 1.82) is 0 Å². The quantitative estimate of drug-likeness (QED) is 0.725. The van der Waals surface area contributed by atoms with Gasteiger partial charge in [0, 0.05) is 37.7 Å². The van der Waals surface area contributed by atoms with Crippen molar-refractivity contribution in [3.8, 4) is 0 Å². The average Bonchev–Trinajstić information content (AvgIpc) is 2.82. The number of pyridine rings is 2. The van der Waals surface area contributed by atoms with Crippen LogP contribution in [0.25, 0.3) is 0 Å². The van der Waals surface area contributed by atoms with Crippen molar-refractivity contribution in [2.24, 2.45) is 5.92 Å². The van der Waals surface area contributed by atoms with Crippen molar-refractivity contribution in [3.05, 3.63) is 63.8 Å². The lowest BCUT2D eigenvalue weighted by Gasteiger charge is -2.31. The maximum atomic E-state index is 13.4. The molecular formula is C27H36N4O3. The Balaban J connectivity index is 1.64. The lowest BCUT2D eigenvalue weighted by molar-refractivity contribution is 0.0680. The van der Waals surface area contributed by atoms with E-state index in [1.165, 1.54) is 19.3 Å². The molecule has 0 spiro atoms. The first-order valence-electron chi connectivity index (χ1n) is 12.8. The monoisotopic (exact) mass is 464 g/mol. The number of amides is 2. The highest BCUT2D eigenvalue weighted by Crippen LogP contribution is 2.19. The van der Waals surface area contributed by atoms with E-state index in [-0.39, 0.29) is 29.0 Å². The molecule has 7 nitrogen and oxygen atoms in total. The molecule has 1 saturated carbocycles. The molecule has 2 fully saturated rings. The van der Waals surface area contributed by atoms with Crippen LogP contribution in [-0.4, -0.2) is 45.4 Å². The van der Waals surface area contributed by atoms with E-state index >= 15 is 0 Å². The molecule has 1 aliphatic heterocycles. The lowest BCUT2D eigenvalue weighted by Crippen LogP contribution is -2.43. The van der Waals surface area contributed by atoms with Crippen LogP contribution < -0.4 is 10.7 Å². The summed E-state index contributed by atoms with van der Waals surface area (Å²) in [5, 5.41) is 3.09. The molecule has 1 N–H and O–H groups in total. The maximum Gasteiger partial charge on any atom is 0.259 e. The van der Waals surface area contributed by atoms with Crippen LogP contribution in [0.4, 0.5) is 0 Å². The highest BCUT2D eigenvalue weighted by atomic mass is 16.2. The summed E-state index contributed by atoms with van der Waals surface area (Å²) in [5.41, 5.74) is 0.413. The van der Waals surface area contributed by atoms with E-state index in [4.69, 9.17) is 0 Å². The Morgan fingerprint density at radius 3 is 2.44 bits per heavy atom. The van der Waals surface area contributed by atoms with Crippen molar-refractivity contribution >= 4 is 11.8 Å². The minimum Gasteiger partial charge on any atom is -0.349 e. The molecule has 0 bridgehead atoms. The van der Waals surface area contributed by atoms with Crippen LogP contribution in [0.1, 0.15) is 91.1 Å². The third-order valence-electron chi connectivity index (χ3n) is 7.01. The Bertz CT molecular complexity index is 1040. The molecule has 1 aliphatic carbocycles. The minimum absolute atomic E-state index is 0.0360. The van der Waals surface area contributed by atoms with Crippen LogP contribution in [-0.2, 0) is 6.54 Å². The number of rotatable bonds is 5. The first-order valence-corrected chi connectivity index (χ1v) is 12.8. The first kappa shape index (κ1) is 24.2. The summed E-state index contributed by atoms with van der Waals surface area (Å²) >= 11 is 0. The molecule has 1 saturated heterocycles. The van der Waals surface area contributed by atoms with Gasteiger partial charge in [0.1, 0.15) is 11.1 Å². The van der Waals surface area contributed by atoms with Gasteiger partial charge in [-0.1, -0.05) is 45.1 Å². The van der Waals surface area contributed by atoms with Gasteiger partial charge in [-0.05, 0) is 43.7 Å². The SMILES string of the molecule is CC1CCCN(C(=O)c2cn(Cc3ccccn3)cc(C(=O)NC3CCCCCCC3)c2=O)C1. The Labute approximate surface area is 201 Å². The molecule has 1 atom stereocenters. The number of aromatic nitrogens is 2. The second-order valence-corrected chi connectivity index (χ2v) is 9.92. The van der Waals surface area contributed by atoms with E-state index in [2.05, 4.69) is 17.2 Å². The van der Waals surface area contributed by atoms with E-state index in [1.54, 1.807) is 28.1 Å². The van der Waals surface area contributed by atoms with Gasteiger partial charge in [-0.25, -0.2) is 0 Å². The Morgan fingerprint density at radius 2 is 1.74 bits per heavy atom. The maximum absolute atomic E-state index is 13.4. The largest absolute Gasteiger partial charge is 0.349 e. The number of nitrogens with zero attached hydrogens (tertiary/aromatic N) is 3. The highest BCUT2D eigenvalue weighted by molar-refractivity contribution is 5.99. The summed E-state index contributed by atoms with van der Waals surface area (Å²) in [6.07, 6.45) is 14.5. The fraction of sp³-hybridized carbons (Fsp3) is 0.556. The van der Waals surface area contributed by atoms with E-state index < -0.39 is 5.43 Å². The molecule has 34 heavy (non-hydrogen) atoms. The van der Waals surface area contributed by atoms with E-state index in [1.807, 2.05) is 18.2 Å². The van der Waals surface area contributed by atoms with Crippen molar-refractivity contribution in [3.63, 3.8) is 0 Å². The highest BCUT2D eigenvalue weighted by Gasteiger charge is 2.27. The third kappa shape index (κ3) is 6.13. The predicted octanol–water partition coefficient (Wildman–Crippen LogP) is 4.01. The fourth-order valence-electron chi connectivity index (χ4n) is 5.12. The number of piperidine rings is 1. The molecule has 2 aliphatic rings. The van der Waals surface area contributed by atoms with Crippen LogP contribution in [0.15, 0.2) is 41.6 Å². The molecule has 2 amide bonds. The summed E-state index contributed by atoms with van der Waals surface area (Å²) in [6.45, 7) is 3.78. The Morgan fingerprint density at radius 1 is 1.00 bits per heavy atom. The number of carbonyl (C=O) groups is 2. The van der Waals surface area contributed by atoms with Gasteiger partial charge in [-0.15, -0.1) is 0 Å². The second kappa shape index (κ2) is 11.4. The van der Waals surface area contributed by atoms with Crippen LogP contribution in [0.2, 0.25) is 0 Å². The molecule has 0 radical (unpaired) electrons. The lowest BCUT2D eigenvalue weighted by atomic mass is 9.96. The summed E-state index contributed by atoms with van der Waals surface area (Å²) < 4.78 is 1.75. The molecule has 2 aromatic rings. The predicted molar refractivity (Wildman–Crippen MR) is 132 cm³/mol. The number of hydrogen-bond donors (Lipinski definition) is 1. The summed E-state index contributed by atoms with van der Waals surface area (Å²) in [6, 6.07) is 5.70. The fourth-order valence-corrected chi connectivity index (χ4v) is 5.12. The smallest absolute Gasteiger partial charge is 0.259 e. The zero-order valence-electron chi connectivity index (χ0n) is 20.2. The van der Waals surface area contributed by atoms with Gasteiger partial charge >= 0.3 is 0 Å². The van der Waals surface area contributed by atoms with Crippen molar-refractivity contribution in [2.75, 3.05) is 13.1 Å². The van der Waals surface area contributed by atoms with Crippen molar-refractivity contribution < 1.29 is 9.59 Å². The van der Waals surface area contributed by atoms with Gasteiger partial charge in [-0.2, -0.15) is 0 Å². The minimum atomic E-state index is -0.483. The zero-order valence-corrected chi connectivity index (χ0v) is 20.2. The average molecular weight is 465 g/mol. The van der Waals surface area contributed by atoms with E-state index in [0.717, 1.165) is 44.2 Å². The van der Waals surface area contributed by atoms with Gasteiger partial charge in [0.2, 0.25) is 5.43 Å². The van der Waals surface area contributed by atoms with Crippen molar-refractivity contribution in [1.82, 2.24) is 19.8 Å². The van der Waals surface area contributed by atoms with E-state index in [0.29, 0.717) is 25.6 Å². The van der Waals surface area contributed by atoms with Crippen LogP contribution in [0.5, 0.6) is 0 Å². The molecule has 1 unspecified atom stereocenters. The topological polar surface area (TPSA) is 84.3 Å². The molecule has 182 valence electrons. The van der Waals surface area contributed by atoms with E-state index in [9.17, 15) is 14.4 Å². The summed E-state index contributed by atoms with van der Waals surface area (Å²) in [7, 11) is 0. The summed E-state index contributed by atoms with van der Waals surface area (Å²) in [4.78, 5) is 46.2. The van der Waals surface area contributed by atoms with Gasteiger partial charge < -0.3 is 14.8 Å². The van der Waals surface area contributed by atoms with Gasteiger partial charge in [0.05, 0.1) is 12.2 Å². The molecule has 4 rings (SSSR count). The molecule has 0 aromatic carbocycles. The Hall–Kier alpha value is -2.96. The standard InChI is InChI=1S/C27H36N4O3/c1-20-10-9-15-31(16-20)27(34)24-19-30(17-22-13-7-8-14-28-22)18-23(25(24)32)26(33)29-21-11-5-3-2-4-6-12-21/h7-8,13-14,18-21H,2-6,9-12,15-17H2,1H3,(H,29,33).